The monoisotopic (exact) mass is 257 g/mol. The molecule has 1 aromatic heterocycles. The van der Waals surface area contributed by atoms with Gasteiger partial charge in [-0.15, -0.1) is 0 Å². The summed E-state index contributed by atoms with van der Waals surface area (Å²) in [5.41, 5.74) is 2.63. The van der Waals surface area contributed by atoms with Crippen LogP contribution in [0.15, 0.2) is 30.5 Å². The van der Waals surface area contributed by atoms with Crippen molar-refractivity contribution < 1.29 is 4.79 Å². The maximum absolute atomic E-state index is 12.1. The summed E-state index contributed by atoms with van der Waals surface area (Å²) in [7, 11) is 1.80. The lowest BCUT2D eigenvalue weighted by Gasteiger charge is -2.42. The fourth-order valence-electron chi connectivity index (χ4n) is 2.23. The predicted octanol–water partition coefficient (Wildman–Crippen LogP) is 1.79. The number of anilines is 1. The molecule has 1 aromatic carbocycles. The Hall–Kier alpha value is -2.34. The molecule has 0 aliphatic carbocycles. The molecule has 1 unspecified atom stereocenters. The van der Waals surface area contributed by atoms with E-state index in [2.05, 4.69) is 10.4 Å². The number of hydrogen-bond acceptors (Lipinski definition) is 4. The first-order valence-electron chi connectivity index (χ1n) is 5.94. The second-order valence-corrected chi connectivity index (χ2v) is 4.53. The number of amides is 1. The van der Waals surface area contributed by atoms with Gasteiger partial charge >= 0.3 is 0 Å². The molecule has 98 valence electrons. The molecule has 1 aliphatic heterocycles. The van der Waals surface area contributed by atoms with Gasteiger partial charge in [0.15, 0.2) is 0 Å². The van der Waals surface area contributed by atoms with E-state index in [-0.39, 0.29) is 0 Å². The lowest BCUT2D eigenvalue weighted by molar-refractivity contribution is 0.0771. The van der Waals surface area contributed by atoms with Crippen molar-refractivity contribution in [1.82, 2.24) is 14.8 Å². The molecule has 6 heteroatoms. The van der Waals surface area contributed by atoms with Crippen molar-refractivity contribution in [3.63, 3.8) is 0 Å². The van der Waals surface area contributed by atoms with Gasteiger partial charge in [-0.05, 0) is 19.1 Å². The largest absolute Gasteiger partial charge is 0.754 e. The molecule has 6 nitrogen and oxygen atoms in total. The van der Waals surface area contributed by atoms with Crippen molar-refractivity contribution in [2.75, 3.05) is 5.32 Å². The Morgan fingerprint density at radius 3 is 2.79 bits per heavy atom. The highest BCUT2D eigenvalue weighted by Crippen LogP contribution is 2.33. The summed E-state index contributed by atoms with van der Waals surface area (Å²) < 4.78 is 1.68. The van der Waals surface area contributed by atoms with Gasteiger partial charge in [0, 0.05) is 24.0 Å². The van der Waals surface area contributed by atoms with E-state index in [1.807, 2.05) is 13.0 Å². The van der Waals surface area contributed by atoms with Crippen LogP contribution < -0.4 is 5.32 Å². The number of carbonyl (C=O) groups excluding carboxylic acids is 1. The number of para-hydroxylation sites is 1. The Morgan fingerprint density at radius 2 is 2.11 bits per heavy atom. The van der Waals surface area contributed by atoms with Crippen molar-refractivity contribution in [2.45, 2.75) is 13.1 Å². The van der Waals surface area contributed by atoms with Gasteiger partial charge in [0.05, 0.1) is 11.8 Å². The third kappa shape index (κ3) is 1.68. The van der Waals surface area contributed by atoms with E-state index in [0.29, 0.717) is 21.9 Å². The third-order valence-electron chi connectivity index (χ3n) is 3.45. The molecule has 1 atom stereocenters. The zero-order valence-corrected chi connectivity index (χ0v) is 10.6. The summed E-state index contributed by atoms with van der Waals surface area (Å²) >= 11 is 0. The molecule has 3 rings (SSSR count). The van der Waals surface area contributed by atoms with Gasteiger partial charge < -0.3 is 15.6 Å². The fourth-order valence-corrected chi connectivity index (χ4v) is 2.23. The minimum absolute atomic E-state index is 0.398. The fraction of sp³-hybridized carbons (Fsp3) is 0.231. The topological polar surface area (TPSA) is 73.2 Å². The number of rotatable bonds is 1. The quantitative estimate of drug-likeness (QED) is 0.845. The van der Waals surface area contributed by atoms with Crippen LogP contribution in [0.1, 0.15) is 27.8 Å². The molecule has 0 spiro atoms. The van der Waals surface area contributed by atoms with Crippen LogP contribution in [0, 0.1) is 12.1 Å². The van der Waals surface area contributed by atoms with Crippen LogP contribution in [0.4, 0.5) is 5.69 Å². The molecule has 1 amide bonds. The molecular weight excluding hydrogens is 244 g/mol. The van der Waals surface area contributed by atoms with Gasteiger partial charge in [-0.1, -0.05) is 12.1 Å². The minimum atomic E-state index is -0.726. The normalized spacial score (nSPS) is 18.2. The number of hydroxylamine groups is 2. The Labute approximate surface area is 110 Å². The highest BCUT2D eigenvalue weighted by molar-refractivity contribution is 6.01. The number of benzene rings is 1. The number of aryl methyl sites for hydroxylation is 1. The smallest absolute Gasteiger partial charge is 0.247 e. The van der Waals surface area contributed by atoms with E-state index < -0.39 is 12.1 Å². The van der Waals surface area contributed by atoms with Gasteiger partial charge in [-0.2, -0.15) is 5.10 Å². The third-order valence-corrected chi connectivity index (χ3v) is 3.45. The molecule has 0 fully saturated rings. The molecule has 2 aromatic rings. The summed E-state index contributed by atoms with van der Waals surface area (Å²) in [5.74, 6) is -0.525. The summed E-state index contributed by atoms with van der Waals surface area (Å²) in [6.45, 7) is 1.86. The minimum Gasteiger partial charge on any atom is -0.754 e. The van der Waals surface area contributed by atoms with Gasteiger partial charge in [-0.3, -0.25) is 9.48 Å². The number of hydrogen-bond donors (Lipinski definition) is 1. The van der Waals surface area contributed by atoms with Gasteiger partial charge in [0.2, 0.25) is 5.91 Å². The summed E-state index contributed by atoms with van der Waals surface area (Å²) in [6.07, 6.45) is 0.884. The molecule has 1 aliphatic rings. The molecule has 19 heavy (non-hydrogen) atoms. The van der Waals surface area contributed by atoms with Gasteiger partial charge in [0.25, 0.3) is 0 Å². The summed E-state index contributed by atoms with van der Waals surface area (Å²) in [4.78, 5) is 12.1. The van der Waals surface area contributed by atoms with Crippen LogP contribution in [0.3, 0.4) is 0 Å². The predicted molar refractivity (Wildman–Crippen MR) is 70.3 cm³/mol. The van der Waals surface area contributed by atoms with Crippen LogP contribution in [0.25, 0.3) is 0 Å². The lowest BCUT2D eigenvalue weighted by atomic mass is 10.1. The highest BCUT2D eigenvalue weighted by Gasteiger charge is 2.28. The summed E-state index contributed by atoms with van der Waals surface area (Å²) in [5, 5.41) is 19.8. The maximum atomic E-state index is 12.1. The zero-order valence-electron chi connectivity index (χ0n) is 10.6. The molecule has 1 N–H and O–H groups in total. The number of nitrogens with one attached hydrogen (secondary N) is 1. The first-order valence-corrected chi connectivity index (χ1v) is 5.94. The van der Waals surface area contributed by atoms with Crippen LogP contribution in [0.5, 0.6) is 0 Å². The van der Waals surface area contributed by atoms with Gasteiger partial charge in [-0.25, -0.2) is 0 Å². The molecule has 0 bridgehead atoms. The average molecular weight is 257 g/mol. The van der Waals surface area contributed by atoms with Crippen LogP contribution in [-0.2, 0) is 7.05 Å². The second kappa shape index (κ2) is 4.10. The van der Waals surface area contributed by atoms with Crippen LogP contribution >= 0.6 is 0 Å². The van der Waals surface area contributed by atoms with Crippen LogP contribution in [0.2, 0.25) is 0 Å². The zero-order chi connectivity index (χ0) is 13.6. The van der Waals surface area contributed by atoms with Crippen LogP contribution in [-0.4, -0.2) is 20.8 Å². The van der Waals surface area contributed by atoms with E-state index in [0.717, 1.165) is 5.69 Å². The Morgan fingerprint density at radius 1 is 1.37 bits per heavy atom. The molecule has 2 heterocycles. The average Bonchev–Trinajstić information content (AvgIpc) is 2.75. The van der Waals surface area contributed by atoms with Gasteiger partial charge in [0.1, 0.15) is 6.17 Å². The Bertz CT molecular complexity index is 650. The number of fused-ring (bicyclic) bond motifs is 1. The summed E-state index contributed by atoms with van der Waals surface area (Å²) in [6, 6.07) is 7.00. The van der Waals surface area contributed by atoms with E-state index in [9.17, 15) is 10.0 Å². The molecule has 0 saturated carbocycles. The Balaban J connectivity index is 2.06. The molecule has 0 saturated heterocycles. The maximum Gasteiger partial charge on any atom is 0.247 e. The highest BCUT2D eigenvalue weighted by atomic mass is 16.5. The van der Waals surface area contributed by atoms with Crippen molar-refractivity contribution in [3.05, 3.63) is 52.5 Å². The standard InChI is InChI=1S/C13H13N4O2/c1-8-10(7-14-16(8)2)12-15-11-6-4-3-5-9(11)13(18)17(12)19/h3-7,12,15H,1-2H3/q-1. The first-order chi connectivity index (χ1) is 9.09. The lowest BCUT2D eigenvalue weighted by Crippen LogP contribution is -2.39. The molecule has 0 radical (unpaired) electrons. The number of carbonyl (C=O) groups is 1. The number of nitrogens with zero attached hydrogens (tertiary/aromatic N) is 3. The van der Waals surface area contributed by atoms with E-state index >= 15 is 0 Å². The van der Waals surface area contributed by atoms with Crippen molar-refractivity contribution >= 4 is 11.6 Å². The van der Waals surface area contributed by atoms with E-state index in [4.69, 9.17) is 0 Å². The number of aromatic nitrogens is 2. The second-order valence-electron chi connectivity index (χ2n) is 4.53. The van der Waals surface area contributed by atoms with E-state index in [1.54, 1.807) is 36.1 Å². The van der Waals surface area contributed by atoms with Crippen molar-refractivity contribution in [3.8, 4) is 0 Å². The van der Waals surface area contributed by atoms with E-state index in [1.165, 1.54) is 0 Å². The van der Waals surface area contributed by atoms with Crippen molar-refractivity contribution in [1.29, 1.82) is 0 Å². The Kier molecular flexibility index (Phi) is 2.53. The molecular formula is C13H13N4O2-. The SMILES string of the molecule is Cc1c(C2Nc3ccccc3C(=O)N2[O-])cnn1C. The van der Waals surface area contributed by atoms with Crippen molar-refractivity contribution in [2.24, 2.45) is 7.05 Å². The first kappa shape index (κ1) is 11.7.